The molecule has 1 fully saturated rings. The van der Waals surface area contributed by atoms with Gasteiger partial charge in [0.05, 0.1) is 22.2 Å². The van der Waals surface area contributed by atoms with E-state index in [1.54, 1.807) is 17.6 Å². The van der Waals surface area contributed by atoms with Crippen LogP contribution in [0.15, 0.2) is 29.8 Å². The summed E-state index contributed by atoms with van der Waals surface area (Å²) in [4.78, 5) is 7.46. The maximum atomic E-state index is 12.9. The van der Waals surface area contributed by atoms with Crippen LogP contribution in [0.2, 0.25) is 0 Å². The van der Waals surface area contributed by atoms with E-state index in [1.807, 2.05) is 6.92 Å². The van der Waals surface area contributed by atoms with Crippen LogP contribution in [0.25, 0.3) is 0 Å². The van der Waals surface area contributed by atoms with Crippen LogP contribution >= 0.6 is 11.3 Å². The third-order valence-corrected chi connectivity index (χ3v) is 5.09. The van der Waals surface area contributed by atoms with E-state index in [1.165, 1.54) is 23.5 Å². The molecular formula is C17H18FN3OS. The molecule has 1 saturated heterocycles. The molecule has 0 radical (unpaired) electrons. The van der Waals surface area contributed by atoms with Gasteiger partial charge in [-0.1, -0.05) is 0 Å². The molecule has 2 heterocycles. The topological polar surface area (TPSA) is 49.2 Å². The van der Waals surface area contributed by atoms with Gasteiger partial charge in [-0.15, -0.1) is 11.3 Å². The third-order valence-electron chi connectivity index (χ3n) is 4.11. The van der Waals surface area contributed by atoms with Gasteiger partial charge in [-0.2, -0.15) is 5.26 Å². The Labute approximate surface area is 139 Å². The Morgan fingerprint density at radius 2 is 2.04 bits per heavy atom. The number of hydrogen-bond acceptors (Lipinski definition) is 5. The molecule has 3 rings (SSSR count). The van der Waals surface area contributed by atoms with E-state index in [4.69, 9.17) is 4.74 Å². The summed E-state index contributed by atoms with van der Waals surface area (Å²) in [5, 5.41) is 9.52. The molecule has 6 heteroatoms. The van der Waals surface area contributed by atoms with Crippen LogP contribution in [0.3, 0.4) is 0 Å². The molecule has 120 valence electrons. The summed E-state index contributed by atoms with van der Waals surface area (Å²) in [6.07, 6.45) is 1.82. The fourth-order valence-electron chi connectivity index (χ4n) is 2.84. The average Bonchev–Trinajstić information content (AvgIpc) is 2.98. The lowest BCUT2D eigenvalue weighted by molar-refractivity contribution is 0.0885. The van der Waals surface area contributed by atoms with Crippen molar-refractivity contribution in [2.45, 2.75) is 31.9 Å². The number of likely N-dealkylation sites (tertiary alicyclic amines) is 1. The van der Waals surface area contributed by atoms with E-state index < -0.39 is 0 Å². The molecule has 1 aromatic heterocycles. The van der Waals surface area contributed by atoms with Gasteiger partial charge >= 0.3 is 0 Å². The van der Waals surface area contributed by atoms with Gasteiger partial charge in [0.15, 0.2) is 0 Å². The van der Waals surface area contributed by atoms with E-state index in [0.717, 1.165) is 36.5 Å². The predicted molar refractivity (Wildman–Crippen MR) is 86.8 cm³/mol. The Morgan fingerprint density at radius 1 is 1.35 bits per heavy atom. The predicted octanol–water partition coefficient (Wildman–Crippen LogP) is 3.70. The Bertz CT molecular complexity index is 687. The molecule has 1 atom stereocenters. The quantitative estimate of drug-likeness (QED) is 0.857. The van der Waals surface area contributed by atoms with E-state index >= 15 is 0 Å². The zero-order valence-electron chi connectivity index (χ0n) is 12.9. The van der Waals surface area contributed by atoms with Crippen LogP contribution in [0.4, 0.5) is 4.39 Å². The molecule has 4 nitrogen and oxygen atoms in total. The van der Waals surface area contributed by atoms with Gasteiger partial charge in [0.1, 0.15) is 23.7 Å². The first-order valence-electron chi connectivity index (χ1n) is 7.63. The fraction of sp³-hybridized carbons (Fsp3) is 0.412. The zero-order valence-corrected chi connectivity index (χ0v) is 13.7. The van der Waals surface area contributed by atoms with Crippen molar-refractivity contribution in [1.82, 2.24) is 9.88 Å². The Balaban J connectivity index is 1.58. The van der Waals surface area contributed by atoms with E-state index in [0.29, 0.717) is 5.75 Å². The fourth-order valence-corrected chi connectivity index (χ4v) is 3.72. The number of hydrogen-bond donors (Lipinski definition) is 0. The Hall–Kier alpha value is -1.97. The third kappa shape index (κ3) is 3.69. The van der Waals surface area contributed by atoms with Gasteiger partial charge in [-0.3, -0.25) is 4.90 Å². The second-order valence-corrected chi connectivity index (χ2v) is 6.53. The molecule has 23 heavy (non-hydrogen) atoms. The first-order valence-corrected chi connectivity index (χ1v) is 8.51. The standard InChI is InChI=1S/C17H18FN3OS/c1-12-17(23-11-20-12)16(10-19)21-8-6-15(7-9-21)22-14-4-2-13(18)3-5-14/h2-5,11,15-16H,6-9H2,1H3. The van der Waals surface area contributed by atoms with Gasteiger partial charge in [0.25, 0.3) is 0 Å². The monoisotopic (exact) mass is 331 g/mol. The lowest BCUT2D eigenvalue weighted by atomic mass is 10.0. The highest BCUT2D eigenvalue weighted by atomic mass is 32.1. The largest absolute Gasteiger partial charge is 0.490 e. The molecule has 0 saturated carbocycles. The molecule has 1 aromatic carbocycles. The zero-order chi connectivity index (χ0) is 16.2. The number of benzene rings is 1. The normalized spacial score (nSPS) is 17.6. The van der Waals surface area contributed by atoms with Crippen LogP contribution in [-0.2, 0) is 0 Å². The highest BCUT2D eigenvalue weighted by Gasteiger charge is 2.28. The van der Waals surface area contributed by atoms with Crippen molar-refractivity contribution in [3.63, 3.8) is 0 Å². The minimum Gasteiger partial charge on any atom is -0.490 e. The molecule has 0 aliphatic carbocycles. The number of rotatable bonds is 4. The van der Waals surface area contributed by atoms with E-state index in [2.05, 4.69) is 16.0 Å². The van der Waals surface area contributed by atoms with Crippen LogP contribution in [0.5, 0.6) is 5.75 Å². The Morgan fingerprint density at radius 3 is 2.61 bits per heavy atom. The SMILES string of the molecule is Cc1ncsc1C(C#N)N1CCC(Oc2ccc(F)cc2)CC1. The van der Waals surface area contributed by atoms with Crippen molar-refractivity contribution in [3.8, 4) is 11.8 Å². The van der Waals surface area contributed by atoms with Gasteiger partial charge in [0.2, 0.25) is 0 Å². The van der Waals surface area contributed by atoms with Gasteiger partial charge in [0, 0.05) is 13.1 Å². The van der Waals surface area contributed by atoms with Crippen molar-refractivity contribution < 1.29 is 9.13 Å². The maximum absolute atomic E-state index is 12.9. The molecular weight excluding hydrogens is 313 g/mol. The number of nitrogens with zero attached hydrogens (tertiary/aromatic N) is 3. The number of ether oxygens (including phenoxy) is 1. The number of aromatic nitrogens is 1. The maximum Gasteiger partial charge on any atom is 0.134 e. The van der Waals surface area contributed by atoms with E-state index in [-0.39, 0.29) is 18.0 Å². The minimum absolute atomic E-state index is 0.110. The molecule has 2 aromatic rings. The summed E-state index contributed by atoms with van der Waals surface area (Å²) < 4.78 is 18.8. The number of thiazole rings is 1. The lowest BCUT2D eigenvalue weighted by Crippen LogP contribution is -2.40. The second-order valence-electron chi connectivity index (χ2n) is 5.64. The van der Waals surface area contributed by atoms with Crippen molar-refractivity contribution in [1.29, 1.82) is 5.26 Å². The van der Waals surface area contributed by atoms with E-state index in [9.17, 15) is 9.65 Å². The number of aryl methyl sites for hydroxylation is 1. The average molecular weight is 331 g/mol. The summed E-state index contributed by atoms with van der Waals surface area (Å²) in [5.74, 6) is 0.434. The minimum atomic E-state index is -0.260. The van der Waals surface area contributed by atoms with Crippen molar-refractivity contribution in [2.24, 2.45) is 0 Å². The molecule has 0 spiro atoms. The van der Waals surface area contributed by atoms with Crippen molar-refractivity contribution in [2.75, 3.05) is 13.1 Å². The van der Waals surface area contributed by atoms with Gasteiger partial charge < -0.3 is 4.74 Å². The molecule has 0 bridgehead atoms. The van der Waals surface area contributed by atoms with Crippen LogP contribution < -0.4 is 4.74 Å². The summed E-state index contributed by atoms with van der Waals surface area (Å²) >= 11 is 1.54. The van der Waals surface area contributed by atoms with Gasteiger partial charge in [-0.25, -0.2) is 9.37 Å². The molecule has 1 aliphatic rings. The first kappa shape index (κ1) is 15.9. The summed E-state index contributed by atoms with van der Waals surface area (Å²) in [6, 6.07) is 8.29. The lowest BCUT2D eigenvalue weighted by Gasteiger charge is -2.34. The van der Waals surface area contributed by atoms with Crippen LogP contribution in [0.1, 0.15) is 29.5 Å². The highest BCUT2D eigenvalue weighted by Crippen LogP contribution is 2.30. The van der Waals surface area contributed by atoms with Crippen molar-refractivity contribution in [3.05, 3.63) is 46.2 Å². The molecule has 1 aliphatic heterocycles. The number of piperidine rings is 1. The summed E-state index contributed by atoms with van der Waals surface area (Å²) in [7, 11) is 0. The molecule has 0 N–H and O–H groups in total. The molecule has 1 unspecified atom stereocenters. The highest BCUT2D eigenvalue weighted by molar-refractivity contribution is 7.09. The number of halogens is 1. The second kappa shape index (κ2) is 7.07. The van der Waals surface area contributed by atoms with Gasteiger partial charge in [-0.05, 0) is 44.0 Å². The smallest absolute Gasteiger partial charge is 0.134 e. The Kier molecular flexibility index (Phi) is 4.89. The summed E-state index contributed by atoms with van der Waals surface area (Å²) in [5.41, 5.74) is 2.73. The molecule has 0 amide bonds. The number of nitriles is 1. The summed E-state index contributed by atoms with van der Waals surface area (Å²) in [6.45, 7) is 3.56. The van der Waals surface area contributed by atoms with Crippen LogP contribution in [-0.4, -0.2) is 29.1 Å². The van der Waals surface area contributed by atoms with Crippen LogP contribution in [0, 0.1) is 24.1 Å². The first-order chi connectivity index (χ1) is 11.2. The van der Waals surface area contributed by atoms with Crippen molar-refractivity contribution >= 4 is 11.3 Å².